The van der Waals surface area contributed by atoms with Crippen molar-refractivity contribution >= 4 is 15.8 Å². The van der Waals surface area contributed by atoms with E-state index in [1.807, 2.05) is 0 Å². The van der Waals surface area contributed by atoms with Gasteiger partial charge in [-0.2, -0.15) is 0 Å². The van der Waals surface area contributed by atoms with E-state index in [4.69, 9.17) is 4.99 Å². The van der Waals surface area contributed by atoms with Crippen LogP contribution >= 0.6 is 0 Å². The highest BCUT2D eigenvalue weighted by atomic mass is 32.2. The Kier molecular flexibility index (Phi) is 9.16. The van der Waals surface area contributed by atoms with Gasteiger partial charge in [-0.3, -0.25) is 9.89 Å². The molecule has 0 saturated carbocycles. The molecule has 0 unspecified atom stereocenters. The van der Waals surface area contributed by atoms with Crippen LogP contribution < -0.4 is 10.6 Å². The van der Waals surface area contributed by atoms with E-state index in [-0.39, 0.29) is 11.2 Å². The summed E-state index contributed by atoms with van der Waals surface area (Å²) >= 11 is 0. The van der Waals surface area contributed by atoms with E-state index >= 15 is 0 Å². The van der Waals surface area contributed by atoms with E-state index in [2.05, 4.69) is 67.5 Å². The number of aryl methyl sites for hydroxylation is 1. The van der Waals surface area contributed by atoms with Crippen molar-refractivity contribution in [2.75, 3.05) is 38.2 Å². The second-order valence-electron chi connectivity index (χ2n) is 9.36. The Labute approximate surface area is 183 Å². The van der Waals surface area contributed by atoms with E-state index in [1.54, 1.807) is 0 Å². The monoisotopic (exact) mass is 436 g/mol. The van der Waals surface area contributed by atoms with Gasteiger partial charge >= 0.3 is 0 Å². The number of rotatable bonds is 9. The third-order valence-corrected chi connectivity index (χ3v) is 6.69. The highest BCUT2D eigenvalue weighted by Gasteiger charge is 2.22. The number of benzene rings is 1. The SMILES string of the molecule is CCNC(=NCC(C)(C)CCS(C)(=O)=O)NC1CCN(Cc2ccccc2C)CC1. The summed E-state index contributed by atoms with van der Waals surface area (Å²) < 4.78 is 23.0. The van der Waals surface area contributed by atoms with Crippen LogP contribution in [0.5, 0.6) is 0 Å². The van der Waals surface area contributed by atoms with Crippen molar-refractivity contribution in [2.45, 2.75) is 59.5 Å². The van der Waals surface area contributed by atoms with Crippen molar-refractivity contribution < 1.29 is 8.42 Å². The zero-order valence-electron chi connectivity index (χ0n) is 19.4. The molecular weight excluding hydrogens is 396 g/mol. The quantitative estimate of drug-likeness (QED) is 0.460. The fourth-order valence-electron chi connectivity index (χ4n) is 3.61. The molecule has 1 saturated heterocycles. The van der Waals surface area contributed by atoms with Gasteiger partial charge in [-0.1, -0.05) is 38.1 Å². The maximum absolute atomic E-state index is 11.5. The molecule has 2 N–H and O–H groups in total. The van der Waals surface area contributed by atoms with Gasteiger partial charge in [0.15, 0.2) is 5.96 Å². The number of guanidine groups is 1. The summed E-state index contributed by atoms with van der Waals surface area (Å²) in [5, 5.41) is 6.93. The van der Waals surface area contributed by atoms with Crippen LogP contribution in [0.1, 0.15) is 51.2 Å². The van der Waals surface area contributed by atoms with Crippen molar-refractivity contribution in [3.05, 3.63) is 35.4 Å². The van der Waals surface area contributed by atoms with Crippen LogP contribution in [-0.4, -0.2) is 63.5 Å². The van der Waals surface area contributed by atoms with Gasteiger partial charge in [-0.15, -0.1) is 0 Å². The Morgan fingerprint density at radius 2 is 1.90 bits per heavy atom. The first-order chi connectivity index (χ1) is 14.1. The summed E-state index contributed by atoms with van der Waals surface area (Å²) in [6.45, 7) is 13.0. The number of likely N-dealkylation sites (tertiary alicyclic amines) is 1. The highest BCUT2D eigenvalue weighted by molar-refractivity contribution is 7.90. The second kappa shape index (κ2) is 11.1. The molecule has 170 valence electrons. The zero-order valence-corrected chi connectivity index (χ0v) is 20.2. The van der Waals surface area contributed by atoms with E-state index in [1.165, 1.54) is 17.4 Å². The van der Waals surface area contributed by atoms with Crippen molar-refractivity contribution in [3.63, 3.8) is 0 Å². The molecule has 0 spiro atoms. The Balaban J connectivity index is 1.85. The van der Waals surface area contributed by atoms with Gasteiger partial charge < -0.3 is 10.6 Å². The van der Waals surface area contributed by atoms with Gasteiger partial charge in [0.1, 0.15) is 9.84 Å². The molecule has 1 aliphatic rings. The van der Waals surface area contributed by atoms with Crippen LogP contribution in [0, 0.1) is 12.3 Å². The van der Waals surface area contributed by atoms with Gasteiger partial charge in [0.05, 0.1) is 5.75 Å². The number of hydrogen-bond acceptors (Lipinski definition) is 4. The summed E-state index contributed by atoms with van der Waals surface area (Å²) in [5.41, 5.74) is 2.62. The predicted molar refractivity (Wildman–Crippen MR) is 127 cm³/mol. The van der Waals surface area contributed by atoms with E-state index in [9.17, 15) is 8.42 Å². The molecule has 0 bridgehead atoms. The summed E-state index contributed by atoms with van der Waals surface area (Å²) in [5.74, 6) is 1.04. The van der Waals surface area contributed by atoms with Gasteiger partial charge in [-0.05, 0) is 49.7 Å². The molecule has 0 amide bonds. The molecule has 0 atom stereocenters. The average Bonchev–Trinajstić information content (AvgIpc) is 2.68. The molecular formula is C23H40N4O2S. The topological polar surface area (TPSA) is 73.8 Å². The first-order valence-corrected chi connectivity index (χ1v) is 13.1. The van der Waals surface area contributed by atoms with Crippen LogP contribution in [0.3, 0.4) is 0 Å². The minimum atomic E-state index is -2.94. The molecule has 7 heteroatoms. The van der Waals surface area contributed by atoms with E-state index in [0.29, 0.717) is 19.0 Å². The number of sulfone groups is 1. The lowest BCUT2D eigenvalue weighted by Gasteiger charge is -2.33. The molecule has 1 fully saturated rings. The lowest BCUT2D eigenvalue weighted by Crippen LogP contribution is -2.48. The summed E-state index contributed by atoms with van der Waals surface area (Å²) in [6, 6.07) is 9.03. The largest absolute Gasteiger partial charge is 0.357 e. The molecule has 30 heavy (non-hydrogen) atoms. The first-order valence-electron chi connectivity index (χ1n) is 11.1. The molecule has 1 heterocycles. The summed E-state index contributed by atoms with van der Waals surface area (Å²) in [4.78, 5) is 7.29. The van der Waals surface area contributed by atoms with Crippen LogP contribution in [0.4, 0.5) is 0 Å². The molecule has 2 rings (SSSR count). The lowest BCUT2D eigenvalue weighted by molar-refractivity contribution is 0.198. The first kappa shape index (κ1) is 24.7. The normalized spacial score (nSPS) is 17.2. The number of hydrogen-bond donors (Lipinski definition) is 2. The zero-order chi connectivity index (χ0) is 22.2. The van der Waals surface area contributed by atoms with Crippen molar-refractivity contribution in [2.24, 2.45) is 10.4 Å². The van der Waals surface area contributed by atoms with Crippen molar-refractivity contribution in [1.29, 1.82) is 0 Å². The fourth-order valence-corrected chi connectivity index (χ4v) is 4.53. The molecule has 1 aromatic carbocycles. The summed E-state index contributed by atoms with van der Waals surface area (Å²) in [7, 11) is -2.94. The standard InChI is InChI=1S/C23H40N4O2S/c1-6-24-22(25-18-23(3,4)13-16-30(5,28)29)26-21-11-14-27(15-12-21)17-20-10-8-7-9-19(20)2/h7-10,21H,6,11-18H2,1-5H3,(H2,24,25,26). The number of piperidine rings is 1. The molecule has 0 radical (unpaired) electrons. The number of nitrogens with zero attached hydrogens (tertiary/aromatic N) is 2. The van der Waals surface area contributed by atoms with Gasteiger partial charge in [0, 0.05) is 45.0 Å². The van der Waals surface area contributed by atoms with Gasteiger partial charge in [0.2, 0.25) is 0 Å². The second-order valence-corrected chi connectivity index (χ2v) is 11.6. The maximum atomic E-state index is 11.5. The smallest absolute Gasteiger partial charge is 0.191 e. The van der Waals surface area contributed by atoms with Crippen LogP contribution in [0.2, 0.25) is 0 Å². The van der Waals surface area contributed by atoms with Gasteiger partial charge in [0.25, 0.3) is 0 Å². The molecule has 0 aliphatic carbocycles. The Hall–Kier alpha value is -1.60. The van der Waals surface area contributed by atoms with Crippen LogP contribution in [-0.2, 0) is 16.4 Å². The third kappa shape index (κ3) is 9.04. The van der Waals surface area contributed by atoms with Crippen molar-refractivity contribution in [1.82, 2.24) is 15.5 Å². The Morgan fingerprint density at radius 1 is 1.23 bits per heavy atom. The molecule has 1 aromatic rings. The minimum Gasteiger partial charge on any atom is -0.357 e. The lowest BCUT2D eigenvalue weighted by atomic mass is 9.90. The van der Waals surface area contributed by atoms with E-state index in [0.717, 1.165) is 45.0 Å². The van der Waals surface area contributed by atoms with Crippen LogP contribution in [0.15, 0.2) is 29.3 Å². The third-order valence-electron chi connectivity index (χ3n) is 5.74. The average molecular weight is 437 g/mol. The Bertz CT molecular complexity index is 797. The van der Waals surface area contributed by atoms with Gasteiger partial charge in [-0.25, -0.2) is 8.42 Å². The predicted octanol–water partition coefficient (Wildman–Crippen LogP) is 2.98. The Morgan fingerprint density at radius 3 is 2.50 bits per heavy atom. The highest BCUT2D eigenvalue weighted by Crippen LogP contribution is 2.21. The number of nitrogens with one attached hydrogen (secondary N) is 2. The maximum Gasteiger partial charge on any atom is 0.191 e. The van der Waals surface area contributed by atoms with Crippen LogP contribution in [0.25, 0.3) is 0 Å². The fraction of sp³-hybridized carbons (Fsp3) is 0.696. The molecule has 0 aromatic heterocycles. The number of aliphatic imine (C=N–C) groups is 1. The minimum absolute atomic E-state index is 0.150. The summed E-state index contributed by atoms with van der Waals surface area (Å²) in [6.07, 6.45) is 4.09. The van der Waals surface area contributed by atoms with Crippen molar-refractivity contribution in [3.8, 4) is 0 Å². The van der Waals surface area contributed by atoms with E-state index < -0.39 is 9.84 Å². The molecule has 6 nitrogen and oxygen atoms in total. The molecule has 1 aliphatic heterocycles.